The zero-order valence-electron chi connectivity index (χ0n) is 14.9. The van der Waals surface area contributed by atoms with Crippen molar-refractivity contribution in [1.82, 2.24) is 5.32 Å². The van der Waals surface area contributed by atoms with Crippen LogP contribution in [0.15, 0.2) is 30.3 Å². The number of carbonyl (C=O) groups is 2. The van der Waals surface area contributed by atoms with Crippen molar-refractivity contribution >= 4 is 11.9 Å². The molecule has 1 aliphatic rings. The maximum Gasteiger partial charge on any atom is 0.334 e. The average Bonchev–Trinajstić information content (AvgIpc) is 2.65. The van der Waals surface area contributed by atoms with E-state index in [1.807, 2.05) is 6.07 Å². The number of hydrogen-bond acceptors (Lipinski definition) is 4. The van der Waals surface area contributed by atoms with Crippen molar-refractivity contribution in [2.24, 2.45) is 0 Å². The summed E-state index contributed by atoms with van der Waals surface area (Å²) < 4.78 is 11.2. The van der Waals surface area contributed by atoms with E-state index in [0.29, 0.717) is 12.2 Å². The van der Waals surface area contributed by atoms with Crippen molar-refractivity contribution in [3.8, 4) is 0 Å². The predicted molar refractivity (Wildman–Crippen MR) is 93.2 cm³/mol. The first kappa shape index (κ1) is 19.4. The second kappa shape index (κ2) is 8.97. The van der Waals surface area contributed by atoms with Crippen LogP contribution in [0.5, 0.6) is 0 Å². The first-order valence-electron chi connectivity index (χ1n) is 8.83. The molecule has 25 heavy (non-hydrogen) atoms. The molecule has 0 saturated carbocycles. The molecule has 1 amide bonds. The quantitative estimate of drug-likeness (QED) is 0.753. The molecular weight excluding hydrogens is 322 g/mol. The monoisotopic (exact) mass is 349 g/mol. The van der Waals surface area contributed by atoms with Gasteiger partial charge in [0.15, 0.2) is 5.54 Å². The number of carboxylic acid groups (broad SMARTS) is 1. The van der Waals surface area contributed by atoms with Crippen LogP contribution < -0.4 is 5.32 Å². The molecule has 0 radical (unpaired) electrons. The third-order valence-electron chi connectivity index (χ3n) is 4.67. The van der Waals surface area contributed by atoms with Crippen LogP contribution in [-0.4, -0.2) is 42.4 Å². The molecule has 2 rings (SSSR count). The minimum Gasteiger partial charge on any atom is -0.479 e. The number of nitrogens with one attached hydrogen (secondary N) is 1. The molecule has 6 nitrogen and oxygen atoms in total. The number of carbonyl (C=O) groups excluding carboxylic acids is 1. The summed E-state index contributed by atoms with van der Waals surface area (Å²) in [5, 5.41) is 12.4. The topological polar surface area (TPSA) is 84.9 Å². The summed E-state index contributed by atoms with van der Waals surface area (Å²) in [6, 6.07) is 8.74. The van der Waals surface area contributed by atoms with Crippen LogP contribution in [0.4, 0.5) is 0 Å². The maximum atomic E-state index is 12.5. The zero-order valence-corrected chi connectivity index (χ0v) is 14.9. The minimum atomic E-state index is -1.46. The molecule has 1 fully saturated rings. The molecule has 2 N–H and O–H groups in total. The normalized spacial score (nSPS) is 21.1. The lowest BCUT2D eigenvalue weighted by Gasteiger charge is -2.31. The van der Waals surface area contributed by atoms with Crippen molar-refractivity contribution < 1.29 is 24.2 Å². The first-order chi connectivity index (χ1) is 12.0. The Morgan fingerprint density at radius 2 is 2.08 bits per heavy atom. The average molecular weight is 349 g/mol. The summed E-state index contributed by atoms with van der Waals surface area (Å²) in [5.74, 6) is -1.53. The maximum absolute atomic E-state index is 12.5. The summed E-state index contributed by atoms with van der Waals surface area (Å²) in [7, 11) is 0. The minimum absolute atomic E-state index is 0.00790. The predicted octanol–water partition coefficient (Wildman–Crippen LogP) is 2.47. The van der Waals surface area contributed by atoms with Crippen LogP contribution in [0, 0.1) is 0 Å². The van der Waals surface area contributed by atoms with Crippen LogP contribution in [-0.2, 0) is 24.6 Å². The second-order valence-electron chi connectivity index (χ2n) is 6.38. The van der Waals surface area contributed by atoms with Gasteiger partial charge in [0.2, 0.25) is 5.91 Å². The van der Waals surface area contributed by atoms with Gasteiger partial charge in [-0.2, -0.15) is 0 Å². The number of ether oxygens (including phenoxy) is 2. The third-order valence-corrected chi connectivity index (χ3v) is 4.67. The highest BCUT2D eigenvalue weighted by Gasteiger charge is 2.41. The van der Waals surface area contributed by atoms with Crippen LogP contribution in [0.1, 0.15) is 45.1 Å². The third kappa shape index (κ3) is 4.80. The molecule has 0 aliphatic carbocycles. The van der Waals surface area contributed by atoms with Gasteiger partial charge in [-0.05, 0) is 38.2 Å². The summed E-state index contributed by atoms with van der Waals surface area (Å²) in [4.78, 5) is 24.5. The Bertz CT molecular complexity index is 570. The van der Waals surface area contributed by atoms with Gasteiger partial charge in [0.05, 0.1) is 12.7 Å². The SMILES string of the molecule is CCC(NC(=O)C(C)OCC1CCCCO1)(C(=O)O)c1ccccc1. The number of rotatable bonds is 8. The molecule has 0 spiro atoms. The Hall–Kier alpha value is -1.92. The molecule has 138 valence electrons. The molecule has 1 aliphatic heterocycles. The van der Waals surface area contributed by atoms with E-state index in [-0.39, 0.29) is 12.5 Å². The molecule has 0 aromatic heterocycles. The van der Waals surface area contributed by atoms with Crippen LogP contribution >= 0.6 is 0 Å². The highest BCUT2D eigenvalue weighted by molar-refractivity contribution is 5.89. The van der Waals surface area contributed by atoms with Gasteiger partial charge in [0, 0.05) is 6.61 Å². The van der Waals surface area contributed by atoms with Crippen LogP contribution in [0.25, 0.3) is 0 Å². The van der Waals surface area contributed by atoms with Crippen molar-refractivity contribution in [1.29, 1.82) is 0 Å². The van der Waals surface area contributed by atoms with Gasteiger partial charge >= 0.3 is 5.97 Å². The van der Waals surface area contributed by atoms with E-state index in [9.17, 15) is 14.7 Å². The lowest BCUT2D eigenvalue weighted by Crippen LogP contribution is -2.54. The standard InChI is InChI=1S/C19H27NO5/c1-3-19(18(22)23,15-9-5-4-6-10-15)20-17(21)14(2)25-13-16-11-7-8-12-24-16/h4-6,9-10,14,16H,3,7-8,11-13H2,1-2H3,(H,20,21)(H,22,23). The fourth-order valence-electron chi connectivity index (χ4n) is 2.99. The summed E-state index contributed by atoms with van der Waals surface area (Å²) >= 11 is 0. The smallest absolute Gasteiger partial charge is 0.334 e. The van der Waals surface area contributed by atoms with E-state index in [1.165, 1.54) is 0 Å². The second-order valence-corrected chi connectivity index (χ2v) is 6.38. The van der Waals surface area contributed by atoms with E-state index >= 15 is 0 Å². The largest absolute Gasteiger partial charge is 0.479 e. The van der Waals surface area contributed by atoms with Gasteiger partial charge in [-0.1, -0.05) is 37.3 Å². The summed E-state index contributed by atoms with van der Waals surface area (Å²) in [6.45, 7) is 4.43. The summed E-state index contributed by atoms with van der Waals surface area (Å²) in [6.07, 6.45) is 2.57. The highest BCUT2D eigenvalue weighted by Crippen LogP contribution is 2.26. The van der Waals surface area contributed by atoms with Crippen molar-refractivity contribution in [3.05, 3.63) is 35.9 Å². The van der Waals surface area contributed by atoms with Crippen molar-refractivity contribution in [2.45, 2.75) is 57.3 Å². The number of carboxylic acids is 1. The molecule has 1 aromatic carbocycles. The fraction of sp³-hybridized carbons (Fsp3) is 0.579. The van der Waals surface area contributed by atoms with E-state index in [2.05, 4.69) is 5.32 Å². The molecule has 0 bridgehead atoms. The Balaban J connectivity index is 2.02. The van der Waals surface area contributed by atoms with E-state index in [1.54, 1.807) is 38.1 Å². The molecule has 1 aromatic rings. The number of amides is 1. The number of benzene rings is 1. The first-order valence-corrected chi connectivity index (χ1v) is 8.83. The number of aliphatic carboxylic acids is 1. The van der Waals surface area contributed by atoms with E-state index in [4.69, 9.17) is 9.47 Å². The van der Waals surface area contributed by atoms with Gasteiger partial charge in [0.25, 0.3) is 0 Å². The van der Waals surface area contributed by atoms with E-state index < -0.39 is 23.5 Å². The van der Waals surface area contributed by atoms with Gasteiger partial charge in [-0.15, -0.1) is 0 Å². The zero-order chi connectivity index (χ0) is 18.3. The molecule has 3 atom stereocenters. The Kier molecular flexibility index (Phi) is 6.96. The van der Waals surface area contributed by atoms with Gasteiger partial charge < -0.3 is 19.9 Å². The molecule has 3 unspecified atom stereocenters. The molecule has 6 heteroatoms. The lowest BCUT2D eigenvalue weighted by atomic mass is 9.87. The molecule has 1 saturated heterocycles. The summed E-state index contributed by atoms with van der Waals surface area (Å²) in [5.41, 5.74) is -0.918. The van der Waals surface area contributed by atoms with E-state index in [0.717, 1.165) is 25.9 Å². The van der Waals surface area contributed by atoms with Crippen LogP contribution in [0.3, 0.4) is 0 Å². The van der Waals surface area contributed by atoms with Crippen LogP contribution in [0.2, 0.25) is 0 Å². The molecule has 1 heterocycles. The number of hydrogen-bond donors (Lipinski definition) is 2. The fourth-order valence-corrected chi connectivity index (χ4v) is 2.99. The van der Waals surface area contributed by atoms with Crippen molar-refractivity contribution in [2.75, 3.05) is 13.2 Å². The van der Waals surface area contributed by atoms with Gasteiger partial charge in [-0.25, -0.2) is 4.79 Å². The Morgan fingerprint density at radius 1 is 1.36 bits per heavy atom. The Labute approximate surface area is 148 Å². The highest BCUT2D eigenvalue weighted by atomic mass is 16.5. The Morgan fingerprint density at radius 3 is 2.64 bits per heavy atom. The van der Waals surface area contributed by atoms with Gasteiger partial charge in [-0.3, -0.25) is 4.79 Å². The molecular formula is C19H27NO5. The van der Waals surface area contributed by atoms with Crippen molar-refractivity contribution in [3.63, 3.8) is 0 Å². The lowest BCUT2D eigenvalue weighted by molar-refractivity contribution is -0.151. The van der Waals surface area contributed by atoms with Gasteiger partial charge in [0.1, 0.15) is 6.10 Å².